The van der Waals surface area contributed by atoms with Gasteiger partial charge in [0.05, 0.1) is 11.8 Å². The first kappa shape index (κ1) is 14.7. The Hall–Kier alpha value is -3.61. The molecule has 0 saturated heterocycles. The number of nitrogens with one attached hydrogen (secondary N) is 1. The van der Waals surface area contributed by atoms with E-state index in [1.54, 1.807) is 12.4 Å². The molecule has 7 heteroatoms. The lowest BCUT2D eigenvalue weighted by atomic mass is 10.2. The lowest BCUT2D eigenvalue weighted by Gasteiger charge is -2.08. The largest absolute Gasteiger partial charge is 0.329 e. The third kappa shape index (κ3) is 2.25. The van der Waals surface area contributed by atoms with E-state index in [-0.39, 0.29) is 5.82 Å². The molecule has 0 aliphatic rings. The van der Waals surface area contributed by atoms with Gasteiger partial charge >= 0.3 is 0 Å². The molecule has 1 aromatic carbocycles. The summed E-state index contributed by atoms with van der Waals surface area (Å²) in [5.74, 6) is 0.855. The number of benzene rings is 1. The number of aromatic nitrogens is 6. The van der Waals surface area contributed by atoms with Gasteiger partial charge in [0.15, 0.2) is 22.8 Å². The lowest BCUT2D eigenvalue weighted by molar-refractivity contribution is 0.629. The van der Waals surface area contributed by atoms with Crippen LogP contribution in [0.4, 0.5) is 4.39 Å². The summed E-state index contributed by atoms with van der Waals surface area (Å²) in [7, 11) is 0. The van der Waals surface area contributed by atoms with Crippen LogP contribution in [0.1, 0.15) is 5.69 Å². The van der Waals surface area contributed by atoms with Crippen molar-refractivity contribution in [1.29, 1.82) is 0 Å². The Morgan fingerprint density at radius 3 is 2.85 bits per heavy atom. The van der Waals surface area contributed by atoms with Crippen LogP contribution in [0.15, 0.2) is 55.0 Å². The summed E-state index contributed by atoms with van der Waals surface area (Å²) in [5, 5.41) is 0.794. The summed E-state index contributed by atoms with van der Waals surface area (Å²) in [6.07, 6.45) is 3.44. The molecule has 5 aromatic rings. The van der Waals surface area contributed by atoms with Crippen molar-refractivity contribution in [2.75, 3.05) is 0 Å². The van der Waals surface area contributed by atoms with E-state index < -0.39 is 0 Å². The number of H-pyrrole nitrogens is 1. The number of fused-ring (bicyclic) bond motifs is 2. The zero-order valence-electron chi connectivity index (χ0n) is 13.8. The van der Waals surface area contributed by atoms with E-state index in [1.807, 2.05) is 42.0 Å². The average Bonchev–Trinajstić information content (AvgIpc) is 3.27. The quantitative estimate of drug-likeness (QED) is 0.529. The van der Waals surface area contributed by atoms with Gasteiger partial charge in [-0.2, -0.15) is 0 Å². The Labute approximate surface area is 147 Å². The minimum Gasteiger partial charge on any atom is -0.329 e. The van der Waals surface area contributed by atoms with Crippen molar-refractivity contribution in [1.82, 2.24) is 29.5 Å². The zero-order chi connectivity index (χ0) is 17.7. The summed E-state index contributed by atoms with van der Waals surface area (Å²) >= 11 is 0. The zero-order valence-corrected chi connectivity index (χ0v) is 13.8. The molecule has 0 fully saturated rings. The number of nitrogens with zero attached hydrogens (tertiary/aromatic N) is 5. The Morgan fingerprint density at radius 2 is 1.96 bits per heavy atom. The topological polar surface area (TPSA) is 72.3 Å². The minimum atomic E-state index is -0.271. The first-order valence-electron chi connectivity index (χ1n) is 8.11. The summed E-state index contributed by atoms with van der Waals surface area (Å²) in [5.41, 5.74) is 3.68. The summed E-state index contributed by atoms with van der Waals surface area (Å²) in [6, 6.07) is 12.2. The van der Waals surface area contributed by atoms with Gasteiger partial charge in [0.2, 0.25) is 0 Å². The van der Waals surface area contributed by atoms with E-state index in [0.717, 1.165) is 16.6 Å². The van der Waals surface area contributed by atoms with Gasteiger partial charge in [-0.25, -0.2) is 24.3 Å². The van der Waals surface area contributed by atoms with Crippen LogP contribution >= 0.6 is 0 Å². The number of hydrogen-bond donors (Lipinski definition) is 1. The van der Waals surface area contributed by atoms with Crippen molar-refractivity contribution in [2.45, 2.75) is 6.92 Å². The number of aryl methyl sites for hydroxylation is 1. The fraction of sp³-hybridized carbons (Fsp3) is 0.0526. The second-order valence-electron chi connectivity index (χ2n) is 6.02. The Balaban J connectivity index is 1.80. The number of pyridine rings is 1. The molecule has 4 aromatic heterocycles. The summed E-state index contributed by atoms with van der Waals surface area (Å²) in [6.45, 7) is 1.92. The standard InChI is InChI=1S/C19H13FN6/c1-11-3-2-4-14(23-11)17-24-18-16(21-10-22-18)19(25-17)26-8-7-12-9-13(20)5-6-15(12)26/h2-10H,1H3,(H,21,22,24,25). The maximum Gasteiger partial charge on any atom is 0.182 e. The maximum absolute atomic E-state index is 13.5. The van der Waals surface area contributed by atoms with E-state index in [0.29, 0.717) is 28.5 Å². The number of aromatic amines is 1. The molecular weight excluding hydrogens is 331 g/mol. The highest BCUT2D eigenvalue weighted by atomic mass is 19.1. The number of halogens is 1. The Morgan fingerprint density at radius 1 is 1.04 bits per heavy atom. The molecule has 0 radical (unpaired) electrons. The molecule has 0 bridgehead atoms. The molecule has 0 atom stereocenters. The predicted molar refractivity (Wildman–Crippen MR) is 96.4 cm³/mol. The molecular formula is C19H13FN6. The molecule has 6 nitrogen and oxygen atoms in total. The molecule has 0 saturated carbocycles. The smallest absolute Gasteiger partial charge is 0.182 e. The van der Waals surface area contributed by atoms with Crippen molar-refractivity contribution in [3.63, 3.8) is 0 Å². The molecule has 0 aliphatic carbocycles. The molecule has 1 N–H and O–H groups in total. The van der Waals surface area contributed by atoms with Gasteiger partial charge in [-0.15, -0.1) is 0 Å². The molecule has 4 heterocycles. The molecule has 26 heavy (non-hydrogen) atoms. The molecule has 0 amide bonds. The van der Waals surface area contributed by atoms with Gasteiger partial charge in [0.25, 0.3) is 0 Å². The van der Waals surface area contributed by atoms with Crippen LogP contribution in [0.25, 0.3) is 39.4 Å². The summed E-state index contributed by atoms with van der Waals surface area (Å²) < 4.78 is 15.4. The van der Waals surface area contributed by atoms with Crippen LogP contribution in [0.5, 0.6) is 0 Å². The number of hydrogen-bond acceptors (Lipinski definition) is 4. The second kappa shape index (κ2) is 5.45. The summed E-state index contributed by atoms with van der Waals surface area (Å²) in [4.78, 5) is 21.2. The monoisotopic (exact) mass is 344 g/mol. The van der Waals surface area contributed by atoms with E-state index in [1.165, 1.54) is 12.1 Å². The molecule has 0 unspecified atom stereocenters. The van der Waals surface area contributed by atoms with E-state index in [4.69, 9.17) is 4.98 Å². The highest BCUT2D eigenvalue weighted by molar-refractivity contribution is 5.87. The van der Waals surface area contributed by atoms with Gasteiger partial charge in [-0.05, 0) is 43.3 Å². The predicted octanol–water partition coefficient (Wildman–Crippen LogP) is 3.81. The van der Waals surface area contributed by atoms with Crippen molar-refractivity contribution in [3.05, 3.63) is 66.5 Å². The van der Waals surface area contributed by atoms with Crippen LogP contribution in [-0.2, 0) is 0 Å². The highest BCUT2D eigenvalue weighted by Crippen LogP contribution is 2.26. The van der Waals surface area contributed by atoms with Gasteiger partial charge in [0, 0.05) is 17.3 Å². The van der Waals surface area contributed by atoms with Gasteiger partial charge in [-0.3, -0.25) is 4.57 Å². The van der Waals surface area contributed by atoms with Crippen LogP contribution < -0.4 is 0 Å². The van der Waals surface area contributed by atoms with E-state index in [2.05, 4.69) is 19.9 Å². The Kier molecular flexibility index (Phi) is 3.08. The second-order valence-corrected chi connectivity index (χ2v) is 6.02. The first-order chi connectivity index (χ1) is 12.7. The van der Waals surface area contributed by atoms with Crippen LogP contribution in [0.3, 0.4) is 0 Å². The highest BCUT2D eigenvalue weighted by Gasteiger charge is 2.15. The minimum absolute atomic E-state index is 0.271. The van der Waals surface area contributed by atoms with Crippen LogP contribution in [-0.4, -0.2) is 29.5 Å². The van der Waals surface area contributed by atoms with Gasteiger partial charge < -0.3 is 4.98 Å². The third-order valence-electron chi connectivity index (χ3n) is 4.26. The number of imidazole rings is 1. The van der Waals surface area contributed by atoms with Crippen molar-refractivity contribution in [3.8, 4) is 17.3 Å². The molecule has 126 valence electrons. The average molecular weight is 344 g/mol. The third-order valence-corrected chi connectivity index (χ3v) is 4.26. The van der Waals surface area contributed by atoms with Gasteiger partial charge in [0.1, 0.15) is 11.5 Å². The molecule has 5 rings (SSSR count). The van der Waals surface area contributed by atoms with Crippen molar-refractivity contribution < 1.29 is 4.39 Å². The Bertz CT molecular complexity index is 1270. The lowest BCUT2D eigenvalue weighted by Crippen LogP contribution is -2.02. The number of rotatable bonds is 2. The molecule has 0 spiro atoms. The fourth-order valence-corrected chi connectivity index (χ4v) is 3.07. The van der Waals surface area contributed by atoms with E-state index >= 15 is 0 Å². The first-order valence-corrected chi connectivity index (χ1v) is 8.11. The SMILES string of the molecule is Cc1cccc(-c2nc(-n3ccc4cc(F)ccc43)c3nc[nH]c3n2)n1. The fourth-order valence-electron chi connectivity index (χ4n) is 3.07. The van der Waals surface area contributed by atoms with Crippen LogP contribution in [0, 0.1) is 12.7 Å². The maximum atomic E-state index is 13.5. The van der Waals surface area contributed by atoms with Crippen molar-refractivity contribution >= 4 is 22.1 Å². The van der Waals surface area contributed by atoms with Gasteiger partial charge in [-0.1, -0.05) is 6.07 Å². The van der Waals surface area contributed by atoms with Crippen molar-refractivity contribution in [2.24, 2.45) is 0 Å². The van der Waals surface area contributed by atoms with E-state index in [9.17, 15) is 4.39 Å². The molecule has 0 aliphatic heterocycles. The van der Waals surface area contributed by atoms with Crippen LogP contribution in [0.2, 0.25) is 0 Å². The normalized spacial score (nSPS) is 11.5.